The number of likely N-dealkylation sites (tertiary alicyclic amines) is 2. The van der Waals surface area contributed by atoms with Gasteiger partial charge in [0, 0.05) is 18.0 Å². The van der Waals surface area contributed by atoms with E-state index >= 15 is 0 Å². The molecule has 0 bridgehead atoms. The van der Waals surface area contributed by atoms with Crippen LogP contribution in [-0.4, -0.2) is 92.1 Å². The topological polar surface area (TPSA) is 175 Å². The summed E-state index contributed by atoms with van der Waals surface area (Å²) in [4.78, 5) is 75.3. The third-order valence-corrected chi connectivity index (χ3v) is 16.0. The summed E-state index contributed by atoms with van der Waals surface area (Å²) in [6.07, 6.45) is 21.0. The standard InChI is InChI=1S/C54H66N8O6/c1-29(2)47(59-53(65)67-5)51(63)61-43-19-9-7-13-33(43)27-45(61)49-55-39-23-21-31(25-41(39)57-49)35-15-11-17-37(35)38-18-12-16-36(38)32-22-24-40-42(26-32)58-50(56-40)46-28-34-14-8-10-20-44(34)62(46)52(64)48(30(3)4)60-54(66)68-6/h11-12,15,17-18,21-26,29-30,33-34,37,43-48H,7-10,13-14,16,19-20,27-28H2,1-6H3,(H,55,57)(H,56,58)(H,59,65)(H,60,66)/t33-,34-,37?,43-,44-,45-,46-,47-,48-/m0/s1. The quantitative estimate of drug-likeness (QED) is 0.115. The molecule has 14 nitrogen and oxygen atoms in total. The fraction of sp³-hybridized carbons (Fsp3) is 0.519. The number of alkyl carbamates (subject to hydrolysis) is 2. The zero-order valence-electron chi connectivity index (χ0n) is 40.2. The molecule has 4 aromatic rings. The van der Waals surface area contributed by atoms with E-state index < -0.39 is 24.3 Å². The molecule has 2 aromatic carbocycles. The van der Waals surface area contributed by atoms with Gasteiger partial charge in [-0.25, -0.2) is 19.6 Å². The molecular formula is C54H66N8O6. The summed E-state index contributed by atoms with van der Waals surface area (Å²) in [5.74, 6) is 2.03. The van der Waals surface area contributed by atoms with Gasteiger partial charge in [-0.1, -0.05) is 95.9 Å². The largest absolute Gasteiger partial charge is 0.453 e. The van der Waals surface area contributed by atoms with Gasteiger partial charge in [0.1, 0.15) is 23.7 Å². The summed E-state index contributed by atoms with van der Waals surface area (Å²) < 4.78 is 9.84. The number of rotatable bonds is 11. The molecule has 68 heavy (non-hydrogen) atoms. The number of ether oxygens (including phenoxy) is 2. The van der Waals surface area contributed by atoms with Crippen LogP contribution in [0.5, 0.6) is 0 Å². The molecule has 4 N–H and O–H groups in total. The predicted octanol–water partition coefficient (Wildman–Crippen LogP) is 9.85. The van der Waals surface area contributed by atoms with Crippen molar-refractivity contribution in [3.8, 4) is 0 Å². The molecule has 6 aliphatic rings. The SMILES string of the molecule is COC(=O)N[C@H](C(=O)N1[C@H](c2nc3ccc(C4=CC=CC4C4=C(c5ccc6nc([C@@H]7C[C@@H]8CCCC[C@@H]8N7C(=O)[C@@H](NC(=O)OC)C(C)C)[nH]c6c5)CC=C4)cc3[nH]2)C[C@@H]2CCCC[C@@H]21)C(C)C. The number of nitrogens with one attached hydrogen (secondary N) is 4. The Morgan fingerprint density at radius 3 is 1.71 bits per heavy atom. The van der Waals surface area contributed by atoms with Crippen LogP contribution in [0, 0.1) is 29.6 Å². The molecule has 2 aromatic heterocycles. The van der Waals surface area contributed by atoms with E-state index in [0.29, 0.717) is 11.8 Å². The van der Waals surface area contributed by atoms with Gasteiger partial charge in [0.05, 0.1) is 48.4 Å². The van der Waals surface area contributed by atoms with Gasteiger partial charge in [0.15, 0.2) is 0 Å². The van der Waals surface area contributed by atoms with Crippen molar-refractivity contribution in [1.82, 2.24) is 40.4 Å². The lowest BCUT2D eigenvalue weighted by Crippen LogP contribution is -2.53. The molecule has 0 spiro atoms. The first-order valence-electron chi connectivity index (χ1n) is 25.0. The molecule has 4 fully saturated rings. The predicted molar refractivity (Wildman–Crippen MR) is 262 cm³/mol. The van der Waals surface area contributed by atoms with Gasteiger partial charge in [-0.05, 0) is 121 Å². The second-order valence-electron chi connectivity index (χ2n) is 20.7. The third kappa shape index (κ3) is 8.31. The number of aromatic amines is 2. The molecule has 9 atom stereocenters. The second kappa shape index (κ2) is 18.7. The highest BCUT2D eigenvalue weighted by molar-refractivity contribution is 5.91. The van der Waals surface area contributed by atoms with E-state index in [2.05, 4.69) is 87.4 Å². The molecule has 2 saturated carbocycles. The first kappa shape index (κ1) is 45.6. The van der Waals surface area contributed by atoms with Crippen molar-refractivity contribution in [2.75, 3.05) is 14.2 Å². The van der Waals surface area contributed by atoms with Crippen LogP contribution >= 0.6 is 0 Å². The number of hydrogen-bond acceptors (Lipinski definition) is 8. The maximum atomic E-state index is 14.4. The number of carbonyl (C=O) groups is 4. The smallest absolute Gasteiger partial charge is 0.407 e. The van der Waals surface area contributed by atoms with E-state index in [4.69, 9.17) is 19.4 Å². The Kier molecular flexibility index (Phi) is 12.6. The maximum absolute atomic E-state index is 14.4. The van der Waals surface area contributed by atoms with Crippen LogP contribution in [0.1, 0.15) is 133 Å². The lowest BCUT2D eigenvalue weighted by Gasteiger charge is -2.36. The van der Waals surface area contributed by atoms with Crippen LogP contribution in [0.15, 0.2) is 72.4 Å². The number of carbonyl (C=O) groups excluding carboxylic acids is 4. The second-order valence-corrected chi connectivity index (χ2v) is 20.7. The van der Waals surface area contributed by atoms with Gasteiger partial charge < -0.3 is 39.9 Å². The lowest BCUT2D eigenvalue weighted by atomic mass is 9.84. The van der Waals surface area contributed by atoms with Gasteiger partial charge in [0.2, 0.25) is 11.8 Å². The number of benzene rings is 2. The molecule has 14 heteroatoms. The monoisotopic (exact) mass is 923 g/mol. The molecule has 2 saturated heterocycles. The number of amides is 4. The van der Waals surface area contributed by atoms with Crippen molar-refractivity contribution in [2.24, 2.45) is 29.6 Å². The van der Waals surface area contributed by atoms with E-state index in [1.54, 1.807) is 0 Å². The molecule has 1 unspecified atom stereocenters. The van der Waals surface area contributed by atoms with Crippen LogP contribution in [0.4, 0.5) is 9.59 Å². The molecule has 4 amide bonds. The Bertz CT molecular complexity index is 2740. The number of nitrogens with zero attached hydrogens (tertiary/aromatic N) is 4. The number of imidazole rings is 2. The Morgan fingerprint density at radius 2 is 1.19 bits per heavy atom. The van der Waals surface area contributed by atoms with Crippen molar-refractivity contribution >= 4 is 57.2 Å². The number of aromatic nitrogens is 4. The summed E-state index contributed by atoms with van der Waals surface area (Å²) in [5, 5.41) is 5.66. The number of fused-ring (bicyclic) bond motifs is 4. The summed E-state index contributed by atoms with van der Waals surface area (Å²) in [5.41, 5.74) is 9.55. The van der Waals surface area contributed by atoms with E-state index in [1.165, 1.54) is 30.9 Å². The van der Waals surface area contributed by atoms with Crippen LogP contribution in [0.3, 0.4) is 0 Å². The van der Waals surface area contributed by atoms with E-state index in [0.717, 1.165) is 115 Å². The molecule has 0 radical (unpaired) electrons. The van der Waals surface area contributed by atoms with Crippen molar-refractivity contribution in [3.05, 3.63) is 95.1 Å². The average molecular weight is 923 g/mol. The van der Waals surface area contributed by atoms with Gasteiger partial charge in [0.25, 0.3) is 0 Å². The highest BCUT2D eigenvalue weighted by atomic mass is 16.5. The Labute approximate surface area is 398 Å². The zero-order chi connectivity index (χ0) is 47.4. The summed E-state index contributed by atoms with van der Waals surface area (Å²) >= 11 is 0. The van der Waals surface area contributed by atoms with Crippen molar-refractivity contribution in [3.63, 3.8) is 0 Å². The molecule has 10 rings (SSSR count). The van der Waals surface area contributed by atoms with Crippen molar-refractivity contribution in [1.29, 1.82) is 0 Å². The normalized spacial score (nSPS) is 26.4. The number of allylic oxidation sites excluding steroid dienone is 8. The molecule has 358 valence electrons. The lowest BCUT2D eigenvalue weighted by molar-refractivity contribution is -0.139. The third-order valence-electron chi connectivity index (χ3n) is 16.0. The molecule has 4 heterocycles. The number of hydrogen-bond donors (Lipinski definition) is 4. The van der Waals surface area contributed by atoms with Gasteiger partial charge >= 0.3 is 12.2 Å². The van der Waals surface area contributed by atoms with E-state index in [-0.39, 0.29) is 53.7 Å². The molecule has 4 aliphatic carbocycles. The highest BCUT2D eigenvalue weighted by Crippen LogP contribution is 2.49. The summed E-state index contributed by atoms with van der Waals surface area (Å²) in [7, 11) is 2.65. The summed E-state index contributed by atoms with van der Waals surface area (Å²) in [6, 6.07) is 11.3. The van der Waals surface area contributed by atoms with Crippen molar-refractivity contribution in [2.45, 2.75) is 135 Å². The fourth-order valence-electron chi connectivity index (χ4n) is 12.6. The van der Waals surface area contributed by atoms with Gasteiger partial charge in [-0.15, -0.1) is 0 Å². The Hall–Kier alpha value is -6.18. The number of methoxy groups -OCH3 is 2. The van der Waals surface area contributed by atoms with Crippen LogP contribution in [-0.2, 0) is 19.1 Å². The Balaban J connectivity index is 0.915. The molecule has 2 aliphatic heterocycles. The first-order valence-corrected chi connectivity index (χ1v) is 25.0. The van der Waals surface area contributed by atoms with Crippen molar-refractivity contribution < 1.29 is 28.7 Å². The Morgan fingerprint density at radius 1 is 0.691 bits per heavy atom. The zero-order valence-corrected chi connectivity index (χ0v) is 40.2. The minimum absolute atomic E-state index is 0.0480. The van der Waals surface area contributed by atoms with Crippen LogP contribution < -0.4 is 10.6 Å². The van der Waals surface area contributed by atoms with E-state index in [9.17, 15) is 19.2 Å². The fourth-order valence-corrected chi connectivity index (χ4v) is 12.6. The minimum Gasteiger partial charge on any atom is -0.453 e. The minimum atomic E-state index is -0.700. The average Bonchev–Trinajstić information content (AvgIpc) is 4.21. The maximum Gasteiger partial charge on any atom is 0.407 e. The van der Waals surface area contributed by atoms with Gasteiger partial charge in [-0.2, -0.15) is 0 Å². The first-order chi connectivity index (χ1) is 32.9. The van der Waals surface area contributed by atoms with E-state index in [1.807, 2.05) is 37.5 Å². The van der Waals surface area contributed by atoms with Crippen LogP contribution in [0.25, 0.3) is 33.2 Å². The molecular weight excluding hydrogens is 857 g/mol. The number of H-pyrrole nitrogens is 2. The summed E-state index contributed by atoms with van der Waals surface area (Å²) in [6.45, 7) is 7.82. The van der Waals surface area contributed by atoms with Crippen LogP contribution in [0.2, 0.25) is 0 Å². The van der Waals surface area contributed by atoms with Gasteiger partial charge in [-0.3, -0.25) is 9.59 Å². The highest BCUT2D eigenvalue weighted by Gasteiger charge is 2.50.